The smallest absolute Gasteiger partial charge is 0.317 e. The van der Waals surface area contributed by atoms with Crippen molar-refractivity contribution < 1.29 is 14.3 Å². The lowest BCUT2D eigenvalue weighted by molar-refractivity contribution is -0.139. The minimum absolute atomic E-state index is 0.0525. The van der Waals surface area contributed by atoms with Gasteiger partial charge in [-0.25, -0.2) is 4.39 Å². The first kappa shape index (κ1) is 14.9. The lowest BCUT2D eigenvalue weighted by Gasteiger charge is -2.34. The molecule has 0 saturated carbocycles. The molecule has 0 atom stereocenters. The third-order valence-corrected chi connectivity index (χ3v) is 2.92. The van der Waals surface area contributed by atoms with E-state index in [4.69, 9.17) is 16.7 Å². The fourth-order valence-corrected chi connectivity index (χ4v) is 1.76. The molecule has 0 aliphatic carbocycles. The summed E-state index contributed by atoms with van der Waals surface area (Å²) in [6.45, 7) is 6.14. The molecule has 1 N–H and O–H groups in total. The monoisotopic (exact) mass is 273 g/mol. The molecule has 0 radical (unpaired) electrons. The van der Waals surface area contributed by atoms with Crippen LogP contribution in [0.25, 0.3) is 0 Å². The quantitative estimate of drug-likeness (QED) is 0.916. The Balaban J connectivity index is 2.89. The lowest BCUT2D eigenvalue weighted by atomic mass is 10.0. The second-order valence-electron chi connectivity index (χ2n) is 5.17. The summed E-state index contributed by atoms with van der Waals surface area (Å²) in [5, 5.41) is 8.95. The molecule has 1 aromatic rings. The van der Waals surface area contributed by atoms with Gasteiger partial charge < -0.3 is 5.11 Å². The van der Waals surface area contributed by atoms with Crippen molar-refractivity contribution >= 4 is 17.6 Å². The van der Waals surface area contributed by atoms with Crippen molar-refractivity contribution in [1.82, 2.24) is 4.90 Å². The molecule has 0 unspecified atom stereocenters. The van der Waals surface area contributed by atoms with Crippen molar-refractivity contribution in [3.05, 3.63) is 34.6 Å². The summed E-state index contributed by atoms with van der Waals surface area (Å²) in [5.74, 6) is -1.36. The summed E-state index contributed by atoms with van der Waals surface area (Å²) in [7, 11) is 0. The van der Waals surface area contributed by atoms with Crippen molar-refractivity contribution in [2.24, 2.45) is 0 Å². The topological polar surface area (TPSA) is 40.5 Å². The van der Waals surface area contributed by atoms with Gasteiger partial charge in [-0.2, -0.15) is 0 Å². The van der Waals surface area contributed by atoms with Crippen LogP contribution < -0.4 is 0 Å². The molecule has 0 aromatic heterocycles. The van der Waals surface area contributed by atoms with Crippen LogP contribution in [0.3, 0.4) is 0 Å². The van der Waals surface area contributed by atoms with Gasteiger partial charge in [0.25, 0.3) is 0 Å². The van der Waals surface area contributed by atoms with Gasteiger partial charge in [0.15, 0.2) is 0 Å². The third kappa shape index (κ3) is 4.27. The average molecular weight is 274 g/mol. The summed E-state index contributed by atoms with van der Waals surface area (Å²) < 4.78 is 13.0. The van der Waals surface area contributed by atoms with Crippen LogP contribution in [0.4, 0.5) is 4.39 Å². The summed E-state index contributed by atoms with van der Waals surface area (Å²) in [6.07, 6.45) is 0. The van der Waals surface area contributed by atoms with Gasteiger partial charge >= 0.3 is 5.97 Å². The second kappa shape index (κ2) is 5.67. The zero-order valence-corrected chi connectivity index (χ0v) is 11.5. The highest BCUT2D eigenvalue weighted by atomic mass is 35.5. The fraction of sp³-hybridized carbons (Fsp3) is 0.462. The number of rotatable bonds is 4. The molecule has 0 fully saturated rings. The maximum absolute atomic E-state index is 13.0. The molecule has 0 aliphatic heterocycles. The van der Waals surface area contributed by atoms with Crippen LogP contribution in [0.15, 0.2) is 18.2 Å². The molecule has 0 bridgehead atoms. The van der Waals surface area contributed by atoms with Crippen LogP contribution in [-0.2, 0) is 11.3 Å². The number of nitrogens with zero attached hydrogens (tertiary/aromatic N) is 1. The van der Waals surface area contributed by atoms with Crippen molar-refractivity contribution in [3.63, 3.8) is 0 Å². The van der Waals surface area contributed by atoms with E-state index >= 15 is 0 Å². The number of carboxylic acid groups (broad SMARTS) is 1. The van der Waals surface area contributed by atoms with Gasteiger partial charge in [0, 0.05) is 12.1 Å². The van der Waals surface area contributed by atoms with Crippen LogP contribution in [-0.4, -0.2) is 28.1 Å². The Labute approximate surface area is 111 Å². The molecule has 0 aliphatic rings. The molecule has 1 rings (SSSR count). The molecular weight excluding hydrogens is 257 g/mol. The van der Waals surface area contributed by atoms with E-state index in [1.165, 1.54) is 12.1 Å². The first-order valence-electron chi connectivity index (χ1n) is 5.61. The van der Waals surface area contributed by atoms with Crippen LogP contribution in [0.2, 0.25) is 5.02 Å². The standard InChI is InChI=1S/C13H17ClFNO2/c1-13(2,3)16(8-12(17)18)7-9-4-5-11(15)10(14)6-9/h4-6H,7-8H2,1-3H3,(H,17,18). The normalized spacial score (nSPS) is 11.9. The SMILES string of the molecule is CC(C)(C)N(CC(=O)O)Cc1ccc(F)c(Cl)c1. The predicted octanol–water partition coefficient (Wildman–Crippen LogP) is 3.16. The van der Waals surface area contributed by atoms with Gasteiger partial charge in [0.2, 0.25) is 0 Å². The Kier molecular flexibility index (Phi) is 4.71. The van der Waals surface area contributed by atoms with E-state index < -0.39 is 11.8 Å². The van der Waals surface area contributed by atoms with Crippen molar-refractivity contribution in [2.45, 2.75) is 32.9 Å². The second-order valence-corrected chi connectivity index (χ2v) is 5.58. The molecule has 1 aromatic carbocycles. The third-order valence-electron chi connectivity index (χ3n) is 2.63. The summed E-state index contributed by atoms with van der Waals surface area (Å²) >= 11 is 5.71. The Morgan fingerprint density at radius 1 is 1.44 bits per heavy atom. The minimum atomic E-state index is -0.891. The zero-order chi connectivity index (χ0) is 13.9. The van der Waals surface area contributed by atoms with E-state index in [1.807, 2.05) is 20.8 Å². The van der Waals surface area contributed by atoms with E-state index in [9.17, 15) is 9.18 Å². The number of hydrogen-bond donors (Lipinski definition) is 1. The van der Waals surface area contributed by atoms with Gasteiger partial charge in [-0.3, -0.25) is 9.69 Å². The van der Waals surface area contributed by atoms with E-state index in [0.29, 0.717) is 6.54 Å². The maximum atomic E-state index is 13.0. The summed E-state index contributed by atoms with van der Waals surface area (Å²) in [5.41, 5.74) is 0.497. The van der Waals surface area contributed by atoms with Gasteiger partial charge in [0.05, 0.1) is 11.6 Å². The van der Waals surface area contributed by atoms with E-state index in [-0.39, 0.29) is 17.1 Å². The van der Waals surface area contributed by atoms with Crippen LogP contribution in [0, 0.1) is 5.82 Å². The van der Waals surface area contributed by atoms with Crippen molar-refractivity contribution in [1.29, 1.82) is 0 Å². The largest absolute Gasteiger partial charge is 0.480 e. The molecule has 18 heavy (non-hydrogen) atoms. The van der Waals surface area contributed by atoms with Crippen molar-refractivity contribution in [3.8, 4) is 0 Å². The number of carbonyl (C=O) groups is 1. The molecule has 5 heteroatoms. The molecule has 0 saturated heterocycles. The first-order valence-corrected chi connectivity index (χ1v) is 5.98. The fourth-order valence-electron chi connectivity index (χ4n) is 1.55. The highest BCUT2D eigenvalue weighted by Crippen LogP contribution is 2.21. The number of halogens is 2. The lowest BCUT2D eigenvalue weighted by Crippen LogP contribution is -2.43. The highest BCUT2D eigenvalue weighted by Gasteiger charge is 2.23. The molecule has 0 heterocycles. The van der Waals surface area contributed by atoms with Crippen LogP contribution >= 0.6 is 11.6 Å². The molecule has 100 valence electrons. The van der Waals surface area contributed by atoms with Crippen molar-refractivity contribution in [2.75, 3.05) is 6.54 Å². The van der Waals surface area contributed by atoms with Gasteiger partial charge in [-0.05, 0) is 38.5 Å². The average Bonchev–Trinajstić information content (AvgIpc) is 2.20. The molecular formula is C13H17ClFNO2. The van der Waals surface area contributed by atoms with Gasteiger partial charge in [-0.1, -0.05) is 17.7 Å². The van der Waals surface area contributed by atoms with Crippen LogP contribution in [0.5, 0.6) is 0 Å². The van der Waals surface area contributed by atoms with Gasteiger partial charge in [0.1, 0.15) is 5.82 Å². The number of aliphatic carboxylic acids is 1. The maximum Gasteiger partial charge on any atom is 0.317 e. The van der Waals surface area contributed by atoms with E-state index in [2.05, 4.69) is 0 Å². The zero-order valence-electron chi connectivity index (χ0n) is 10.7. The predicted molar refractivity (Wildman–Crippen MR) is 69.2 cm³/mol. The number of hydrogen-bond acceptors (Lipinski definition) is 2. The Bertz CT molecular complexity index is 443. The molecule has 3 nitrogen and oxygen atoms in total. The van der Waals surface area contributed by atoms with E-state index in [1.54, 1.807) is 11.0 Å². The summed E-state index contributed by atoms with van der Waals surface area (Å²) in [4.78, 5) is 12.6. The molecule has 0 amide bonds. The number of benzene rings is 1. The number of carboxylic acids is 1. The summed E-state index contributed by atoms with van der Waals surface area (Å²) in [6, 6.07) is 4.43. The van der Waals surface area contributed by atoms with Gasteiger partial charge in [-0.15, -0.1) is 0 Å². The Hall–Kier alpha value is -1.13. The minimum Gasteiger partial charge on any atom is -0.480 e. The highest BCUT2D eigenvalue weighted by molar-refractivity contribution is 6.30. The van der Waals surface area contributed by atoms with E-state index in [0.717, 1.165) is 5.56 Å². The molecule has 0 spiro atoms. The Morgan fingerprint density at radius 2 is 2.06 bits per heavy atom. The Morgan fingerprint density at radius 3 is 2.50 bits per heavy atom. The first-order chi connectivity index (χ1) is 8.20. The van der Waals surface area contributed by atoms with Crippen LogP contribution in [0.1, 0.15) is 26.3 Å².